The second-order valence-corrected chi connectivity index (χ2v) is 6.15. The van der Waals surface area contributed by atoms with Crippen LogP contribution in [0, 0.1) is 0 Å². The number of carbonyl (C=O) groups is 1. The Morgan fingerprint density at radius 2 is 1.94 bits per heavy atom. The Morgan fingerprint density at radius 1 is 1.25 bits per heavy atom. The van der Waals surface area contributed by atoms with Crippen LogP contribution in [0.15, 0.2) is 0 Å². The molecule has 2 aliphatic rings. The highest BCUT2D eigenvalue weighted by Gasteiger charge is 2.30. The Balaban J connectivity index is 1.96. The third kappa shape index (κ3) is 2.92. The number of nitrogens with two attached hydrogens (primary N) is 1. The van der Waals surface area contributed by atoms with Crippen molar-refractivity contribution in [2.45, 2.75) is 49.8 Å². The Kier molecular flexibility index (Phi) is 4.53. The van der Waals surface area contributed by atoms with Gasteiger partial charge >= 0.3 is 0 Å². The third-order valence-corrected chi connectivity index (χ3v) is 4.92. The van der Waals surface area contributed by atoms with Crippen molar-refractivity contribution in [3.8, 4) is 0 Å². The molecular formula is C12H22N2OS. The number of rotatable bonds is 2. The molecule has 0 aromatic rings. The zero-order valence-corrected chi connectivity index (χ0v) is 10.7. The number of nitrogens with zero attached hydrogens (tertiary/aromatic N) is 1. The van der Waals surface area contributed by atoms with Gasteiger partial charge in [0.1, 0.15) is 0 Å². The van der Waals surface area contributed by atoms with Crippen molar-refractivity contribution in [3.05, 3.63) is 0 Å². The van der Waals surface area contributed by atoms with E-state index in [1.807, 2.05) is 0 Å². The van der Waals surface area contributed by atoms with Crippen molar-refractivity contribution >= 4 is 17.7 Å². The minimum absolute atomic E-state index is 0.335. The normalized spacial score (nSPS) is 29.2. The van der Waals surface area contributed by atoms with E-state index in [1.54, 1.807) is 11.8 Å². The van der Waals surface area contributed by atoms with Crippen LogP contribution in [0.3, 0.4) is 0 Å². The predicted octanol–water partition coefficient (Wildman–Crippen LogP) is 1.61. The number of amides is 1. The minimum atomic E-state index is 0.335. The van der Waals surface area contributed by atoms with Gasteiger partial charge in [0.2, 0.25) is 5.91 Å². The zero-order chi connectivity index (χ0) is 11.4. The smallest absolute Gasteiger partial charge is 0.232 e. The number of hydrogen-bond acceptors (Lipinski definition) is 3. The maximum absolute atomic E-state index is 11.9. The van der Waals surface area contributed by atoms with E-state index in [0.717, 1.165) is 6.54 Å². The van der Waals surface area contributed by atoms with Gasteiger partial charge in [-0.1, -0.05) is 25.7 Å². The molecule has 0 aromatic carbocycles. The molecule has 2 fully saturated rings. The van der Waals surface area contributed by atoms with Gasteiger partial charge < -0.3 is 10.6 Å². The highest BCUT2D eigenvalue weighted by molar-refractivity contribution is 8.00. The molecule has 1 unspecified atom stereocenters. The van der Waals surface area contributed by atoms with Crippen molar-refractivity contribution in [1.82, 2.24) is 4.90 Å². The first-order valence-corrected chi connectivity index (χ1v) is 7.47. The lowest BCUT2D eigenvalue weighted by Gasteiger charge is -2.37. The van der Waals surface area contributed by atoms with Crippen LogP contribution in [0.4, 0.5) is 0 Å². The van der Waals surface area contributed by atoms with Gasteiger partial charge in [-0.3, -0.25) is 4.79 Å². The molecule has 3 nitrogen and oxygen atoms in total. The summed E-state index contributed by atoms with van der Waals surface area (Å²) in [4.78, 5) is 14.1. The summed E-state index contributed by atoms with van der Waals surface area (Å²) in [5, 5.41) is 0.459. The largest absolute Gasteiger partial charge is 0.338 e. The molecule has 16 heavy (non-hydrogen) atoms. The van der Waals surface area contributed by atoms with Crippen LogP contribution in [0.5, 0.6) is 0 Å². The van der Waals surface area contributed by atoms with Gasteiger partial charge in [0.25, 0.3) is 0 Å². The predicted molar refractivity (Wildman–Crippen MR) is 68.5 cm³/mol. The highest BCUT2D eigenvalue weighted by atomic mass is 32.2. The Labute approximate surface area is 102 Å². The quantitative estimate of drug-likeness (QED) is 0.748. The van der Waals surface area contributed by atoms with E-state index in [4.69, 9.17) is 5.73 Å². The van der Waals surface area contributed by atoms with Gasteiger partial charge in [0.05, 0.1) is 5.75 Å². The standard InChI is InChI=1S/C12H22N2OS/c13-7-11-8-14(12(15)9-16-11)10-5-3-1-2-4-6-10/h10-11H,1-9,13H2. The maximum Gasteiger partial charge on any atom is 0.232 e. The van der Waals surface area contributed by atoms with Crippen LogP contribution in [0.25, 0.3) is 0 Å². The summed E-state index contributed by atoms with van der Waals surface area (Å²) in [5.41, 5.74) is 5.71. The van der Waals surface area contributed by atoms with Crippen molar-refractivity contribution in [2.75, 3.05) is 18.8 Å². The summed E-state index contributed by atoms with van der Waals surface area (Å²) >= 11 is 1.73. The third-order valence-electron chi connectivity index (χ3n) is 3.69. The Bertz CT molecular complexity index is 239. The fourth-order valence-electron chi connectivity index (χ4n) is 2.71. The van der Waals surface area contributed by atoms with Crippen LogP contribution in [0.2, 0.25) is 0 Å². The summed E-state index contributed by atoms with van der Waals surface area (Å²) in [5.74, 6) is 0.972. The van der Waals surface area contributed by atoms with Gasteiger partial charge in [0.15, 0.2) is 0 Å². The van der Waals surface area contributed by atoms with Crippen LogP contribution < -0.4 is 5.73 Å². The van der Waals surface area contributed by atoms with E-state index in [-0.39, 0.29) is 0 Å². The summed E-state index contributed by atoms with van der Waals surface area (Å²) in [6.07, 6.45) is 7.66. The highest BCUT2D eigenvalue weighted by Crippen LogP contribution is 2.27. The van der Waals surface area contributed by atoms with Crippen LogP contribution >= 0.6 is 11.8 Å². The molecule has 1 saturated heterocycles. The molecule has 0 bridgehead atoms. The SMILES string of the molecule is NCC1CN(C2CCCCCC2)C(=O)CS1. The molecule has 0 radical (unpaired) electrons. The summed E-state index contributed by atoms with van der Waals surface area (Å²) in [7, 11) is 0. The lowest BCUT2D eigenvalue weighted by molar-refractivity contribution is -0.131. The van der Waals surface area contributed by atoms with E-state index < -0.39 is 0 Å². The van der Waals surface area contributed by atoms with Gasteiger partial charge in [-0.05, 0) is 12.8 Å². The fraction of sp³-hybridized carbons (Fsp3) is 0.917. The second-order valence-electron chi connectivity index (χ2n) is 4.86. The molecule has 1 amide bonds. The topological polar surface area (TPSA) is 46.3 Å². The van der Waals surface area contributed by atoms with E-state index in [0.29, 0.717) is 29.5 Å². The lowest BCUT2D eigenvalue weighted by atomic mass is 10.1. The van der Waals surface area contributed by atoms with Gasteiger partial charge in [-0.15, -0.1) is 11.8 Å². The molecule has 0 aromatic heterocycles. The number of carbonyl (C=O) groups excluding carboxylic acids is 1. The van der Waals surface area contributed by atoms with Crippen molar-refractivity contribution in [1.29, 1.82) is 0 Å². The molecule has 1 heterocycles. The van der Waals surface area contributed by atoms with Crippen molar-refractivity contribution in [3.63, 3.8) is 0 Å². The Morgan fingerprint density at radius 3 is 2.56 bits per heavy atom. The molecule has 1 atom stereocenters. The average Bonchev–Trinajstić information content (AvgIpc) is 2.58. The van der Waals surface area contributed by atoms with Crippen LogP contribution in [-0.2, 0) is 4.79 Å². The zero-order valence-electron chi connectivity index (χ0n) is 9.86. The van der Waals surface area contributed by atoms with E-state index in [2.05, 4.69) is 4.90 Å². The molecular weight excluding hydrogens is 220 g/mol. The van der Waals surface area contributed by atoms with Crippen LogP contribution in [-0.4, -0.2) is 40.9 Å². The molecule has 2 rings (SSSR count). The lowest BCUT2D eigenvalue weighted by Crippen LogP contribution is -2.49. The summed E-state index contributed by atoms with van der Waals surface area (Å²) in [6, 6.07) is 0.505. The molecule has 2 N–H and O–H groups in total. The number of thioether (sulfide) groups is 1. The van der Waals surface area contributed by atoms with E-state index in [1.165, 1.54) is 38.5 Å². The van der Waals surface area contributed by atoms with Gasteiger partial charge in [-0.2, -0.15) is 0 Å². The first-order valence-electron chi connectivity index (χ1n) is 6.42. The summed E-state index contributed by atoms with van der Waals surface area (Å²) in [6.45, 7) is 1.58. The Hall–Kier alpha value is -0.220. The van der Waals surface area contributed by atoms with E-state index >= 15 is 0 Å². The first kappa shape index (κ1) is 12.2. The van der Waals surface area contributed by atoms with E-state index in [9.17, 15) is 4.79 Å². The van der Waals surface area contributed by atoms with Crippen molar-refractivity contribution < 1.29 is 4.79 Å². The molecule has 0 spiro atoms. The van der Waals surface area contributed by atoms with Gasteiger partial charge in [0, 0.05) is 24.4 Å². The first-order chi connectivity index (χ1) is 7.81. The minimum Gasteiger partial charge on any atom is -0.338 e. The van der Waals surface area contributed by atoms with Crippen LogP contribution in [0.1, 0.15) is 38.5 Å². The maximum atomic E-state index is 11.9. The molecule has 1 saturated carbocycles. The molecule has 92 valence electrons. The summed E-state index contributed by atoms with van der Waals surface area (Å²) < 4.78 is 0. The second kappa shape index (κ2) is 5.92. The average molecular weight is 242 g/mol. The number of hydrogen-bond donors (Lipinski definition) is 1. The fourth-order valence-corrected chi connectivity index (χ4v) is 3.66. The van der Waals surface area contributed by atoms with Gasteiger partial charge in [-0.25, -0.2) is 0 Å². The van der Waals surface area contributed by atoms with Crippen molar-refractivity contribution in [2.24, 2.45) is 5.73 Å². The molecule has 1 aliphatic carbocycles. The monoisotopic (exact) mass is 242 g/mol. The molecule has 1 aliphatic heterocycles. The molecule has 4 heteroatoms.